The average Bonchev–Trinajstić information content (AvgIpc) is 2.69. The molecule has 1 saturated carbocycles. The van der Waals surface area contributed by atoms with E-state index in [1.165, 1.54) is 6.42 Å². The van der Waals surface area contributed by atoms with Crippen LogP contribution >= 0.6 is 15.9 Å². The van der Waals surface area contributed by atoms with E-state index in [-0.39, 0.29) is 6.29 Å². The smallest absolute Gasteiger partial charge is 0.235 e. The fourth-order valence-electron chi connectivity index (χ4n) is 4.94. The first-order chi connectivity index (χ1) is 10.00. The third kappa shape index (κ3) is 1.84. The van der Waals surface area contributed by atoms with Crippen molar-refractivity contribution in [1.29, 1.82) is 0 Å². The first-order valence-corrected chi connectivity index (χ1v) is 8.93. The summed E-state index contributed by atoms with van der Waals surface area (Å²) in [4.78, 5) is 13.7. The molecular weight excluding hydrogens is 336 g/mol. The lowest BCUT2D eigenvalue weighted by Crippen LogP contribution is -2.68. The molecule has 1 aliphatic carbocycles. The first kappa shape index (κ1) is 14.5. The van der Waals surface area contributed by atoms with Gasteiger partial charge in [-0.05, 0) is 32.1 Å². The minimum absolute atomic E-state index is 0.310. The molecule has 1 unspecified atom stereocenters. The van der Waals surface area contributed by atoms with Crippen LogP contribution in [-0.4, -0.2) is 17.7 Å². The van der Waals surface area contributed by atoms with Crippen LogP contribution in [0.4, 0.5) is 0 Å². The van der Waals surface area contributed by atoms with Crippen LogP contribution < -0.4 is 0 Å². The summed E-state index contributed by atoms with van der Waals surface area (Å²) >= 11 is 3.44. The first-order valence-electron chi connectivity index (χ1n) is 8.02. The number of rotatable bonds is 0. The highest BCUT2D eigenvalue weighted by Crippen LogP contribution is 2.61. The van der Waals surface area contributed by atoms with E-state index in [0.717, 1.165) is 25.0 Å². The normalized spacial score (nSPS) is 57.5. The van der Waals surface area contributed by atoms with Gasteiger partial charge in [0.1, 0.15) is 5.76 Å². The zero-order valence-corrected chi connectivity index (χ0v) is 14.4. The van der Waals surface area contributed by atoms with Gasteiger partial charge in [0.15, 0.2) is 5.60 Å². The van der Waals surface area contributed by atoms with Crippen molar-refractivity contribution in [3.05, 3.63) is 10.7 Å². The van der Waals surface area contributed by atoms with Crippen molar-refractivity contribution in [2.24, 2.45) is 23.7 Å². The molecule has 5 fully saturated rings. The summed E-state index contributed by atoms with van der Waals surface area (Å²) in [5, 5.41) is 0. The van der Waals surface area contributed by atoms with E-state index >= 15 is 0 Å². The van der Waals surface area contributed by atoms with Gasteiger partial charge in [0.05, 0.1) is 0 Å². The molecule has 118 valence electrons. The predicted octanol–water partition coefficient (Wildman–Crippen LogP) is 4.10. The second kappa shape index (κ2) is 4.70. The second-order valence-corrected chi connectivity index (χ2v) is 7.79. The molecule has 0 aromatic carbocycles. The van der Waals surface area contributed by atoms with Crippen LogP contribution in [0.3, 0.4) is 0 Å². The zero-order valence-electron chi connectivity index (χ0n) is 12.8. The summed E-state index contributed by atoms with van der Waals surface area (Å²) in [5.41, 5.74) is -0.452. The maximum Gasteiger partial charge on any atom is 0.235 e. The predicted molar refractivity (Wildman–Crippen MR) is 80.1 cm³/mol. The third-order valence-electron chi connectivity index (χ3n) is 6.18. The molecule has 4 saturated heterocycles. The van der Waals surface area contributed by atoms with Crippen LogP contribution in [0.5, 0.6) is 0 Å². The van der Waals surface area contributed by atoms with Crippen LogP contribution in [0.15, 0.2) is 10.7 Å². The minimum atomic E-state index is -0.685. The maximum atomic E-state index is 6.23. The van der Waals surface area contributed by atoms with Crippen molar-refractivity contribution in [2.45, 2.75) is 64.1 Å². The molecule has 2 bridgehead atoms. The van der Waals surface area contributed by atoms with Crippen LogP contribution in [0.2, 0.25) is 0 Å². The van der Waals surface area contributed by atoms with Gasteiger partial charge in [-0.1, -0.05) is 29.8 Å². The van der Waals surface area contributed by atoms with Gasteiger partial charge in [-0.25, -0.2) is 9.78 Å². The Labute approximate surface area is 134 Å². The van der Waals surface area contributed by atoms with Crippen LogP contribution in [0.25, 0.3) is 0 Å². The number of halogens is 1. The van der Waals surface area contributed by atoms with E-state index in [4.69, 9.17) is 19.2 Å². The molecule has 0 aromatic rings. The molecule has 0 amide bonds. The lowest BCUT2D eigenvalue weighted by Gasteiger charge is -2.59. The van der Waals surface area contributed by atoms with Gasteiger partial charge in [0, 0.05) is 29.2 Å². The van der Waals surface area contributed by atoms with Gasteiger partial charge in [0.2, 0.25) is 12.1 Å². The molecule has 7 atom stereocenters. The van der Waals surface area contributed by atoms with Crippen molar-refractivity contribution in [3.63, 3.8) is 0 Å². The van der Waals surface area contributed by atoms with Crippen molar-refractivity contribution >= 4 is 15.9 Å². The Hall–Kier alpha value is -0.100. The molecular formula is C16H23BrO4. The van der Waals surface area contributed by atoms with Crippen molar-refractivity contribution in [3.8, 4) is 0 Å². The van der Waals surface area contributed by atoms with Crippen LogP contribution in [-0.2, 0) is 19.2 Å². The van der Waals surface area contributed by atoms with Crippen LogP contribution in [0, 0.1) is 23.7 Å². The quantitative estimate of drug-likeness (QED) is 0.610. The number of ether oxygens (including phenoxy) is 2. The van der Waals surface area contributed by atoms with Gasteiger partial charge >= 0.3 is 0 Å². The lowest BCUT2D eigenvalue weighted by molar-refractivity contribution is -0.562. The van der Waals surface area contributed by atoms with E-state index in [9.17, 15) is 0 Å². The highest BCUT2D eigenvalue weighted by molar-refractivity contribution is 9.11. The maximum absolute atomic E-state index is 6.23. The summed E-state index contributed by atoms with van der Waals surface area (Å²) in [7, 11) is 0. The second-order valence-electron chi connectivity index (χ2n) is 7.33. The largest absolute Gasteiger partial charge is 0.465 e. The highest BCUT2D eigenvalue weighted by atomic mass is 79.9. The molecule has 5 aliphatic rings. The molecule has 5 rings (SSSR count). The van der Waals surface area contributed by atoms with E-state index in [1.54, 1.807) is 0 Å². The fourth-order valence-corrected chi connectivity index (χ4v) is 5.46. The monoisotopic (exact) mass is 358 g/mol. The molecule has 4 nitrogen and oxygen atoms in total. The highest BCUT2D eigenvalue weighted by Gasteiger charge is 2.69. The van der Waals surface area contributed by atoms with E-state index in [1.807, 2.05) is 11.9 Å². The van der Waals surface area contributed by atoms with Gasteiger partial charge in [-0.15, -0.1) is 0 Å². The van der Waals surface area contributed by atoms with E-state index in [0.29, 0.717) is 23.7 Å². The number of allylic oxidation sites excluding steroid dienone is 1. The van der Waals surface area contributed by atoms with Crippen molar-refractivity contribution < 1.29 is 19.2 Å². The molecule has 21 heavy (non-hydrogen) atoms. The van der Waals surface area contributed by atoms with E-state index in [2.05, 4.69) is 29.8 Å². The number of hydrogen-bond acceptors (Lipinski definition) is 4. The topological polar surface area (TPSA) is 36.9 Å². The Morgan fingerprint density at radius 2 is 1.95 bits per heavy atom. The van der Waals surface area contributed by atoms with Crippen molar-refractivity contribution in [2.75, 3.05) is 0 Å². The van der Waals surface area contributed by atoms with Gasteiger partial charge in [-0.2, -0.15) is 0 Å². The van der Waals surface area contributed by atoms with Gasteiger partial charge < -0.3 is 9.47 Å². The molecule has 1 spiro atoms. The third-order valence-corrected chi connectivity index (χ3v) is 6.63. The summed E-state index contributed by atoms with van der Waals surface area (Å²) < 4.78 is 12.4. The van der Waals surface area contributed by atoms with Crippen molar-refractivity contribution in [1.82, 2.24) is 0 Å². The van der Waals surface area contributed by atoms with Crippen LogP contribution in [0.1, 0.15) is 46.5 Å². The molecule has 4 aliphatic heterocycles. The molecule has 5 heteroatoms. The Bertz CT molecular complexity index is 481. The fraction of sp³-hybridized carbons (Fsp3) is 0.875. The summed E-state index contributed by atoms with van der Waals surface area (Å²) in [6.07, 6.45) is 3.94. The van der Waals surface area contributed by atoms with E-state index < -0.39 is 11.4 Å². The van der Waals surface area contributed by atoms with Gasteiger partial charge in [0.25, 0.3) is 0 Å². The average molecular weight is 359 g/mol. The molecule has 0 N–H and O–H groups in total. The Kier molecular flexibility index (Phi) is 3.24. The molecule has 0 aromatic heterocycles. The summed E-state index contributed by atoms with van der Waals surface area (Å²) in [6, 6.07) is 0. The number of hydrogen-bond donors (Lipinski definition) is 0. The SMILES string of the molecule is C[C@@H]1CC[C@H]2[C@@H](C)/C(=C\Br)O[C@@H]3OC4(C)CC[C@@H]1[C@]32OO4. The number of fused-ring (bicyclic) bond motifs is 2. The summed E-state index contributed by atoms with van der Waals surface area (Å²) in [5.74, 6) is 2.01. The minimum Gasteiger partial charge on any atom is -0.465 e. The Morgan fingerprint density at radius 3 is 2.71 bits per heavy atom. The standard InChI is InChI=1S/C16H23BrO4/c1-9-4-5-12-10(2)13(8-17)18-14-16(12)11(9)6-7-15(3,19-14)20-21-16/h8-12,14H,4-7H2,1-3H3/b13-8+/t9-,10-,11+,12+,14-,15?,16-/m1/s1. The summed E-state index contributed by atoms with van der Waals surface area (Å²) in [6.45, 7) is 6.51. The lowest BCUT2D eigenvalue weighted by atomic mass is 9.58. The Balaban J connectivity index is 1.83. The molecule has 4 heterocycles. The Morgan fingerprint density at radius 1 is 1.14 bits per heavy atom. The molecule has 0 radical (unpaired) electrons. The zero-order chi connectivity index (χ0) is 14.8. The van der Waals surface area contributed by atoms with Gasteiger partial charge in [-0.3, -0.25) is 0 Å².